The monoisotopic (exact) mass is 349 g/mol. The fourth-order valence-corrected chi connectivity index (χ4v) is 3.10. The Labute approximate surface area is 153 Å². The van der Waals surface area contributed by atoms with Crippen LogP contribution in [0, 0.1) is 6.92 Å². The smallest absolute Gasteiger partial charge is 0.326 e. The highest BCUT2D eigenvalue weighted by Crippen LogP contribution is 2.33. The summed E-state index contributed by atoms with van der Waals surface area (Å²) in [5.41, 5.74) is 9.52. The third kappa shape index (κ3) is 3.18. The Hall–Kier alpha value is -3.15. The molecule has 0 saturated heterocycles. The molecule has 3 aromatic rings. The number of carbonyl (C=O) groups excluding carboxylic acids is 1. The maximum atomic E-state index is 12.5. The molecule has 0 aliphatic carbocycles. The Morgan fingerprint density at radius 3 is 2.19 bits per heavy atom. The van der Waals surface area contributed by atoms with E-state index in [0.29, 0.717) is 11.8 Å². The molecule has 2 N–H and O–H groups in total. The summed E-state index contributed by atoms with van der Waals surface area (Å²) in [5.74, 6) is 0.971. The van der Waals surface area contributed by atoms with Crippen molar-refractivity contribution in [1.82, 2.24) is 14.8 Å². The number of amides is 2. The lowest BCUT2D eigenvalue weighted by Crippen LogP contribution is -2.35. The number of aromatic nitrogens is 3. The van der Waals surface area contributed by atoms with E-state index < -0.39 is 6.03 Å². The van der Waals surface area contributed by atoms with Crippen LogP contribution in [0.25, 0.3) is 5.69 Å². The second-order valence-corrected chi connectivity index (χ2v) is 6.01. The lowest BCUT2D eigenvalue weighted by Gasteiger charge is -2.25. The number of aryl methyl sites for hydroxylation is 3. The van der Waals surface area contributed by atoms with E-state index in [2.05, 4.69) is 23.9 Å². The molecule has 1 heterocycles. The summed E-state index contributed by atoms with van der Waals surface area (Å²) in [7, 11) is 0. The molecule has 3 rings (SSSR count). The molecular formula is C20H23N5O. The van der Waals surface area contributed by atoms with Gasteiger partial charge in [0, 0.05) is 0 Å². The molecule has 0 bridgehead atoms. The molecule has 134 valence electrons. The van der Waals surface area contributed by atoms with Gasteiger partial charge >= 0.3 is 6.03 Å². The van der Waals surface area contributed by atoms with Crippen LogP contribution in [-0.4, -0.2) is 20.8 Å². The molecule has 0 fully saturated rings. The molecule has 2 amide bonds. The molecule has 1 aromatic heterocycles. The van der Waals surface area contributed by atoms with E-state index in [9.17, 15) is 4.79 Å². The van der Waals surface area contributed by atoms with Gasteiger partial charge in [0.25, 0.3) is 0 Å². The van der Waals surface area contributed by atoms with Gasteiger partial charge in [0.05, 0.1) is 11.4 Å². The Balaban J connectivity index is 2.26. The van der Waals surface area contributed by atoms with Crippen LogP contribution in [0.5, 0.6) is 0 Å². The molecule has 0 saturated carbocycles. The molecule has 0 aliphatic heterocycles. The lowest BCUT2D eigenvalue weighted by atomic mass is 10.0. The van der Waals surface area contributed by atoms with Crippen LogP contribution in [0.2, 0.25) is 0 Å². The highest BCUT2D eigenvalue weighted by Gasteiger charge is 2.26. The molecule has 6 heteroatoms. The third-order valence-corrected chi connectivity index (χ3v) is 4.31. The van der Waals surface area contributed by atoms with E-state index >= 15 is 0 Å². The maximum absolute atomic E-state index is 12.5. The predicted molar refractivity (Wildman–Crippen MR) is 103 cm³/mol. The lowest BCUT2D eigenvalue weighted by molar-refractivity contribution is 0.255. The van der Waals surface area contributed by atoms with Gasteiger partial charge in [-0.25, -0.2) is 9.69 Å². The van der Waals surface area contributed by atoms with E-state index in [1.165, 1.54) is 4.90 Å². The number of hydrogen-bond donors (Lipinski definition) is 1. The third-order valence-electron chi connectivity index (χ3n) is 4.31. The standard InChI is InChI=1S/C20H23N5O/c1-4-15-10-9-11-16(5-2)18(15)24(19(21)26)20-22-14(3)23-25(20)17-12-7-6-8-13-17/h6-13H,4-5H2,1-3H3,(H2,21,26). The molecule has 0 spiro atoms. The minimum Gasteiger partial charge on any atom is -0.351 e. The first-order valence-electron chi connectivity index (χ1n) is 8.76. The van der Waals surface area contributed by atoms with Gasteiger partial charge in [-0.2, -0.15) is 9.67 Å². The Bertz CT molecular complexity index is 895. The molecule has 0 atom stereocenters. The summed E-state index contributed by atoms with van der Waals surface area (Å²) >= 11 is 0. The van der Waals surface area contributed by atoms with Gasteiger partial charge in [-0.1, -0.05) is 50.2 Å². The fourth-order valence-electron chi connectivity index (χ4n) is 3.10. The summed E-state index contributed by atoms with van der Waals surface area (Å²) in [5, 5.41) is 4.48. The van der Waals surface area contributed by atoms with Crippen LogP contribution in [0.1, 0.15) is 30.8 Å². The van der Waals surface area contributed by atoms with Crippen LogP contribution in [-0.2, 0) is 12.8 Å². The number of rotatable bonds is 5. The van der Waals surface area contributed by atoms with Crippen LogP contribution in [0.3, 0.4) is 0 Å². The largest absolute Gasteiger partial charge is 0.351 e. The van der Waals surface area contributed by atoms with Crippen molar-refractivity contribution in [3.05, 3.63) is 65.5 Å². The van der Waals surface area contributed by atoms with Gasteiger partial charge in [-0.3, -0.25) is 0 Å². The van der Waals surface area contributed by atoms with Gasteiger partial charge in [0.15, 0.2) is 0 Å². The highest BCUT2D eigenvalue weighted by molar-refractivity contribution is 5.98. The second-order valence-electron chi connectivity index (χ2n) is 6.01. The number of benzene rings is 2. The topological polar surface area (TPSA) is 77.0 Å². The first kappa shape index (κ1) is 17.7. The van der Waals surface area contributed by atoms with Crippen molar-refractivity contribution in [2.45, 2.75) is 33.6 Å². The summed E-state index contributed by atoms with van der Waals surface area (Å²) in [4.78, 5) is 18.5. The second kappa shape index (κ2) is 7.39. The normalized spacial score (nSPS) is 10.7. The molecule has 26 heavy (non-hydrogen) atoms. The summed E-state index contributed by atoms with van der Waals surface area (Å²) in [6.07, 6.45) is 1.57. The van der Waals surface area contributed by atoms with Gasteiger partial charge in [-0.05, 0) is 43.0 Å². The summed E-state index contributed by atoms with van der Waals surface area (Å²) < 4.78 is 1.66. The van der Waals surface area contributed by atoms with Crippen LogP contribution >= 0.6 is 0 Å². The first-order chi connectivity index (χ1) is 12.6. The average Bonchev–Trinajstić information content (AvgIpc) is 3.03. The fraction of sp³-hybridized carbons (Fsp3) is 0.250. The SMILES string of the molecule is CCc1cccc(CC)c1N(C(N)=O)c1nc(C)nn1-c1ccccc1. The van der Waals surface area contributed by atoms with E-state index in [1.54, 1.807) is 11.6 Å². The van der Waals surface area contributed by atoms with Crippen molar-refractivity contribution >= 4 is 17.7 Å². The Morgan fingerprint density at radius 2 is 1.65 bits per heavy atom. The molecule has 2 aromatic carbocycles. The summed E-state index contributed by atoms with van der Waals surface area (Å²) in [6, 6.07) is 15.1. The van der Waals surface area contributed by atoms with Crippen molar-refractivity contribution in [2.24, 2.45) is 5.73 Å². The quantitative estimate of drug-likeness (QED) is 0.758. The first-order valence-corrected chi connectivity index (χ1v) is 8.76. The predicted octanol–water partition coefficient (Wildman–Crippen LogP) is 3.92. The van der Waals surface area contributed by atoms with E-state index in [4.69, 9.17) is 5.73 Å². The molecule has 0 unspecified atom stereocenters. The Kier molecular flexibility index (Phi) is 5.02. The van der Waals surface area contributed by atoms with Crippen molar-refractivity contribution in [1.29, 1.82) is 0 Å². The van der Waals surface area contributed by atoms with Gasteiger partial charge < -0.3 is 5.73 Å². The van der Waals surface area contributed by atoms with Gasteiger partial charge in [0.2, 0.25) is 5.95 Å². The maximum Gasteiger partial charge on any atom is 0.326 e. The number of nitrogens with two attached hydrogens (primary N) is 1. The van der Waals surface area contributed by atoms with Crippen molar-refractivity contribution < 1.29 is 4.79 Å². The van der Waals surface area contributed by atoms with Gasteiger partial charge in [0.1, 0.15) is 5.82 Å². The Morgan fingerprint density at radius 1 is 1.04 bits per heavy atom. The number of urea groups is 1. The number of nitrogens with zero attached hydrogens (tertiary/aromatic N) is 4. The minimum absolute atomic E-state index is 0.400. The number of anilines is 2. The van der Waals surface area contributed by atoms with Crippen LogP contribution in [0.15, 0.2) is 48.5 Å². The van der Waals surface area contributed by atoms with E-state index in [1.807, 2.05) is 48.5 Å². The number of primary amides is 1. The van der Waals surface area contributed by atoms with Crippen molar-refractivity contribution in [3.8, 4) is 5.69 Å². The molecule has 0 aliphatic rings. The number of carbonyl (C=O) groups is 1. The van der Waals surface area contributed by atoms with Crippen molar-refractivity contribution in [3.63, 3.8) is 0 Å². The van der Waals surface area contributed by atoms with Crippen LogP contribution < -0.4 is 10.6 Å². The van der Waals surface area contributed by atoms with Crippen molar-refractivity contribution in [2.75, 3.05) is 4.90 Å². The zero-order valence-electron chi connectivity index (χ0n) is 15.3. The molecule has 6 nitrogen and oxygen atoms in total. The summed E-state index contributed by atoms with van der Waals surface area (Å²) in [6.45, 7) is 5.92. The number of para-hydroxylation sites is 2. The van der Waals surface area contributed by atoms with Gasteiger partial charge in [-0.15, -0.1) is 5.10 Å². The molecular weight excluding hydrogens is 326 g/mol. The number of hydrogen-bond acceptors (Lipinski definition) is 3. The van der Waals surface area contributed by atoms with E-state index in [-0.39, 0.29) is 0 Å². The van der Waals surface area contributed by atoms with E-state index in [0.717, 1.165) is 35.3 Å². The average molecular weight is 349 g/mol. The van der Waals surface area contributed by atoms with Crippen LogP contribution in [0.4, 0.5) is 16.4 Å². The highest BCUT2D eigenvalue weighted by atomic mass is 16.2. The zero-order valence-corrected chi connectivity index (χ0v) is 15.3. The zero-order chi connectivity index (χ0) is 18.7. The molecule has 0 radical (unpaired) electrons. The minimum atomic E-state index is -0.579.